The molecule has 198 valence electrons. The summed E-state index contributed by atoms with van der Waals surface area (Å²) in [6.07, 6.45) is 3.36. The monoisotopic (exact) mass is 508 g/mol. The molecule has 8 heteroatoms. The molecule has 2 aromatic carbocycles. The van der Waals surface area contributed by atoms with Gasteiger partial charge in [-0.15, -0.1) is 0 Å². The van der Waals surface area contributed by atoms with Gasteiger partial charge in [0.15, 0.2) is 11.6 Å². The van der Waals surface area contributed by atoms with Crippen LogP contribution in [0, 0.1) is 5.82 Å². The fourth-order valence-corrected chi connectivity index (χ4v) is 4.82. The lowest BCUT2D eigenvalue weighted by Crippen LogP contribution is -2.46. The van der Waals surface area contributed by atoms with Crippen molar-refractivity contribution in [3.63, 3.8) is 0 Å². The lowest BCUT2D eigenvalue weighted by molar-refractivity contribution is -0.122. The number of ether oxygens (including phenoxy) is 2. The summed E-state index contributed by atoms with van der Waals surface area (Å²) in [4.78, 5) is 19.9. The average molecular weight is 509 g/mol. The maximum atomic E-state index is 14.0. The van der Waals surface area contributed by atoms with E-state index in [1.165, 1.54) is 18.7 Å². The Morgan fingerprint density at radius 3 is 2.46 bits per heavy atom. The van der Waals surface area contributed by atoms with Crippen LogP contribution in [0.15, 0.2) is 48.7 Å². The van der Waals surface area contributed by atoms with Gasteiger partial charge in [-0.1, -0.05) is 24.3 Å². The number of carbonyl (C=O) groups is 1. The topological polar surface area (TPSA) is 68.6 Å². The zero-order valence-electron chi connectivity index (χ0n) is 22.3. The van der Waals surface area contributed by atoms with Crippen molar-refractivity contribution < 1.29 is 18.7 Å². The van der Waals surface area contributed by atoms with Gasteiger partial charge in [0, 0.05) is 43.0 Å². The van der Waals surface area contributed by atoms with E-state index in [-0.39, 0.29) is 36.5 Å². The van der Waals surface area contributed by atoms with Gasteiger partial charge in [0.2, 0.25) is 5.91 Å². The summed E-state index contributed by atoms with van der Waals surface area (Å²) in [5.41, 5.74) is 3.64. The first kappa shape index (κ1) is 26.8. The highest BCUT2D eigenvalue weighted by Gasteiger charge is 2.22. The SMILES string of the molecule is COc1cc(-c2nc(-c3ccc(CCN4CC(C)OC(C)C4)cc3)cn2CC(=O)NC(C)C)ccc1F. The highest BCUT2D eigenvalue weighted by molar-refractivity contribution is 5.77. The summed E-state index contributed by atoms with van der Waals surface area (Å²) in [5.74, 6) is 0.149. The molecule has 1 saturated heterocycles. The molecule has 4 rings (SSSR count). The van der Waals surface area contributed by atoms with Crippen molar-refractivity contribution in [2.75, 3.05) is 26.7 Å². The van der Waals surface area contributed by atoms with E-state index < -0.39 is 5.82 Å². The number of carbonyl (C=O) groups excluding carboxylic acids is 1. The van der Waals surface area contributed by atoms with Gasteiger partial charge in [-0.3, -0.25) is 9.69 Å². The van der Waals surface area contributed by atoms with Crippen molar-refractivity contribution in [3.05, 3.63) is 60.0 Å². The summed E-state index contributed by atoms with van der Waals surface area (Å²) >= 11 is 0. The molecule has 2 atom stereocenters. The number of imidazole rings is 1. The van der Waals surface area contributed by atoms with Gasteiger partial charge in [-0.25, -0.2) is 9.37 Å². The number of rotatable bonds is 9. The molecule has 1 amide bonds. The van der Waals surface area contributed by atoms with Crippen LogP contribution >= 0.6 is 0 Å². The van der Waals surface area contributed by atoms with Gasteiger partial charge < -0.3 is 19.4 Å². The van der Waals surface area contributed by atoms with Crippen LogP contribution in [0.5, 0.6) is 5.75 Å². The summed E-state index contributed by atoms with van der Waals surface area (Å²) in [6.45, 7) is 11.1. The van der Waals surface area contributed by atoms with Crippen molar-refractivity contribution in [1.29, 1.82) is 0 Å². The molecule has 0 spiro atoms. The van der Waals surface area contributed by atoms with E-state index >= 15 is 0 Å². The van der Waals surface area contributed by atoms with E-state index in [0.717, 1.165) is 37.3 Å². The predicted molar refractivity (Wildman–Crippen MR) is 143 cm³/mol. The summed E-state index contributed by atoms with van der Waals surface area (Å²) in [7, 11) is 1.43. The molecule has 2 unspecified atom stereocenters. The second kappa shape index (κ2) is 11.9. The molecule has 0 bridgehead atoms. The van der Waals surface area contributed by atoms with Crippen molar-refractivity contribution in [3.8, 4) is 28.4 Å². The normalized spacial score (nSPS) is 18.2. The number of nitrogens with zero attached hydrogens (tertiary/aromatic N) is 3. The molecule has 37 heavy (non-hydrogen) atoms. The Kier molecular flexibility index (Phi) is 8.61. The van der Waals surface area contributed by atoms with E-state index in [2.05, 4.69) is 48.3 Å². The van der Waals surface area contributed by atoms with Crippen molar-refractivity contribution in [2.24, 2.45) is 0 Å². The van der Waals surface area contributed by atoms with Crippen molar-refractivity contribution in [1.82, 2.24) is 19.8 Å². The molecule has 0 saturated carbocycles. The number of hydrogen-bond donors (Lipinski definition) is 1. The zero-order chi connectivity index (χ0) is 26.5. The fourth-order valence-electron chi connectivity index (χ4n) is 4.82. The molecule has 7 nitrogen and oxygen atoms in total. The third-order valence-corrected chi connectivity index (χ3v) is 6.41. The minimum atomic E-state index is -0.446. The Labute approximate surface area is 218 Å². The first-order valence-electron chi connectivity index (χ1n) is 12.9. The zero-order valence-corrected chi connectivity index (χ0v) is 22.3. The van der Waals surface area contributed by atoms with Gasteiger partial charge in [-0.2, -0.15) is 0 Å². The van der Waals surface area contributed by atoms with Crippen LogP contribution < -0.4 is 10.1 Å². The van der Waals surface area contributed by atoms with E-state index in [1.807, 2.05) is 20.0 Å². The standard InChI is InChI=1S/C29H37FN4O3/c1-19(2)31-28(35)18-34-17-26(32-29(34)24-10-11-25(30)27(14-24)36-5)23-8-6-22(7-9-23)12-13-33-15-20(3)37-21(4)16-33/h6-11,14,17,19-21H,12-13,15-16,18H2,1-5H3,(H,31,35). The van der Waals surface area contributed by atoms with Crippen LogP contribution in [-0.4, -0.2) is 65.4 Å². The number of amides is 1. The quantitative estimate of drug-likeness (QED) is 0.460. The summed E-state index contributed by atoms with van der Waals surface area (Å²) < 4.78 is 26.8. The Balaban J connectivity index is 1.55. The number of morpholine rings is 1. The minimum absolute atomic E-state index is 0.0290. The van der Waals surface area contributed by atoms with Gasteiger partial charge in [0.1, 0.15) is 12.4 Å². The maximum absolute atomic E-state index is 14.0. The number of nitrogens with one attached hydrogen (secondary N) is 1. The highest BCUT2D eigenvalue weighted by atomic mass is 19.1. The lowest BCUT2D eigenvalue weighted by atomic mass is 10.1. The average Bonchev–Trinajstić information content (AvgIpc) is 3.25. The molecule has 1 fully saturated rings. The van der Waals surface area contributed by atoms with E-state index in [9.17, 15) is 9.18 Å². The molecule has 3 aromatic rings. The molecule has 0 aliphatic carbocycles. The smallest absolute Gasteiger partial charge is 0.240 e. The number of aromatic nitrogens is 2. The third-order valence-electron chi connectivity index (χ3n) is 6.41. The largest absolute Gasteiger partial charge is 0.494 e. The fraction of sp³-hybridized carbons (Fsp3) is 0.448. The minimum Gasteiger partial charge on any atom is -0.494 e. The summed E-state index contributed by atoms with van der Waals surface area (Å²) in [5, 5.41) is 2.92. The van der Waals surface area contributed by atoms with Crippen LogP contribution in [0.2, 0.25) is 0 Å². The number of hydrogen-bond acceptors (Lipinski definition) is 5. The Hall–Kier alpha value is -3.23. The van der Waals surface area contributed by atoms with Crippen LogP contribution in [0.4, 0.5) is 4.39 Å². The molecule has 1 aromatic heterocycles. The van der Waals surface area contributed by atoms with Crippen LogP contribution in [-0.2, 0) is 22.5 Å². The number of methoxy groups -OCH3 is 1. The molecule has 0 radical (unpaired) electrons. The van der Waals surface area contributed by atoms with Gasteiger partial charge in [-0.05, 0) is 57.9 Å². The highest BCUT2D eigenvalue weighted by Crippen LogP contribution is 2.29. The van der Waals surface area contributed by atoms with Gasteiger partial charge in [0.05, 0.1) is 25.0 Å². The summed E-state index contributed by atoms with van der Waals surface area (Å²) in [6, 6.07) is 13.0. The molecule has 1 aliphatic rings. The van der Waals surface area contributed by atoms with Crippen LogP contribution in [0.3, 0.4) is 0 Å². The first-order valence-corrected chi connectivity index (χ1v) is 12.9. The van der Waals surface area contributed by atoms with Crippen LogP contribution in [0.1, 0.15) is 33.3 Å². The Morgan fingerprint density at radius 1 is 1.14 bits per heavy atom. The number of benzene rings is 2. The molecule has 1 N–H and O–H groups in total. The second-order valence-electron chi connectivity index (χ2n) is 10.1. The Bertz CT molecular complexity index is 1200. The Morgan fingerprint density at radius 2 is 1.81 bits per heavy atom. The number of halogens is 1. The van der Waals surface area contributed by atoms with E-state index in [0.29, 0.717) is 11.4 Å². The van der Waals surface area contributed by atoms with Crippen LogP contribution in [0.25, 0.3) is 22.6 Å². The van der Waals surface area contributed by atoms with E-state index in [1.54, 1.807) is 16.7 Å². The molecule has 1 aliphatic heterocycles. The van der Waals surface area contributed by atoms with Gasteiger partial charge in [0.25, 0.3) is 0 Å². The first-order chi connectivity index (χ1) is 17.7. The van der Waals surface area contributed by atoms with Crippen molar-refractivity contribution >= 4 is 5.91 Å². The maximum Gasteiger partial charge on any atom is 0.240 e. The molecular formula is C29H37FN4O3. The molecule has 2 heterocycles. The lowest BCUT2D eigenvalue weighted by Gasteiger charge is -2.35. The van der Waals surface area contributed by atoms with E-state index in [4.69, 9.17) is 14.5 Å². The third kappa shape index (κ3) is 6.96. The predicted octanol–water partition coefficient (Wildman–Crippen LogP) is 4.54. The second-order valence-corrected chi connectivity index (χ2v) is 10.1. The van der Waals surface area contributed by atoms with Crippen molar-refractivity contribution in [2.45, 2.75) is 58.9 Å². The molecular weight excluding hydrogens is 471 g/mol. The van der Waals surface area contributed by atoms with Gasteiger partial charge >= 0.3 is 0 Å².